The van der Waals surface area contributed by atoms with Crippen LogP contribution in [0.5, 0.6) is 5.75 Å². The Balaban J connectivity index is 3.13. The molecule has 4 nitrogen and oxygen atoms in total. The van der Waals surface area contributed by atoms with E-state index < -0.39 is 18.4 Å². The maximum atomic E-state index is 6.65. The van der Waals surface area contributed by atoms with Crippen LogP contribution in [-0.2, 0) is 20.8 Å². The molecule has 0 heterocycles. The number of hydrogen-bond acceptors (Lipinski definition) is 4. The minimum atomic E-state index is -2.64. The molecule has 1 aromatic rings. The third-order valence-electron chi connectivity index (χ3n) is 7.14. The van der Waals surface area contributed by atoms with Crippen molar-refractivity contribution >= 4 is 18.4 Å². The Kier molecular flexibility index (Phi) is 16.8. The second kappa shape index (κ2) is 18.0. The van der Waals surface area contributed by atoms with Gasteiger partial charge in [-0.3, -0.25) is 0 Å². The van der Waals surface area contributed by atoms with E-state index in [9.17, 15) is 0 Å². The predicted octanol–water partition coefficient (Wildman–Crippen LogP) is 8.00. The van der Waals surface area contributed by atoms with Crippen LogP contribution in [-0.4, -0.2) is 49.6 Å². The minimum absolute atomic E-state index is 0.190. The van der Waals surface area contributed by atoms with Gasteiger partial charge in [-0.1, -0.05) is 0 Å². The van der Waals surface area contributed by atoms with Crippen molar-refractivity contribution in [2.24, 2.45) is 5.92 Å². The van der Waals surface area contributed by atoms with Gasteiger partial charge in [0.2, 0.25) is 0 Å². The molecular weight excluding hydrogens is 519 g/mol. The van der Waals surface area contributed by atoms with E-state index >= 15 is 0 Å². The van der Waals surface area contributed by atoms with Gasteiger partial charge in [0.1, 0.15) is 0 Å². The van der Waals surface area contributed by atoms with Gasteiger partial charge in [0, 0.05) is 0 Å². The summed E-state index contributed by atoms with van der Waals surface area (Å²) in [6.07, 6.45) is 9.02. The zero-order chi connectivity index (χ0) is 24.5. The first kappa shape index (κ1) is 30.7. The zero-order valence-electron chi connectivity index (χ0n) is 22.7. The molecule has 0 unspecified atom stereocenters. The molecule has 0 amide bonds. The quantitative estimate of drug-likeness (QED) is 0.117. The van der Waals surface area contributed by atoms with Crippen molar-refractivity contribution in [3.63, 3.8) is 0 Å². The SMILES string of the molecule is CCC[CH2][Sn]([CH2]CCC)([CH2]CCC)[C@H](OCOC)[C@@H](C)[C@H](CC)OCc1ccc(OC)cc1. The van der Waals surface area contributed by atoms with Gasteiger partial charge in [-0.2, -0.15) is 0 Å². The molecule has 0 aliphatic rings. The molecule has 0 bridgehead atoms. The number of methoxy groups -OCH3 is 2. The summed E-state index contributed by atoms with van der Waals surface area (Å²) in [4.78, 5) is 0. The van der Waals surface area contributed by atoms with Crippen molar-refractivity contribution in [2.45, 2.75) is 110 Å². The third kappa shape index (κ3) is 10.5. The summed E-state index contributed by atoms with van der Waals surface area (Å²) in [7, 11) is 3.45. The first-order chi connectivity index (χ1) is 16.0. The van der Waals surface area contributed by atoms with Crippen molar-refractivity contribution in [3.8, 4) is 5.75 Å². The summed E-state index contributed by atoms with van der Waals surface area (Å²) in [6.45, 7) is 12.7. The van der Waals surface area contributed by atoms with Gasteiger partial charge in [0.25, 0.3) is 0 Å². The summed E-state index contributed by atoms with van der Waals surface area (Å²) in [6, 6.07) is 8.22. The van der Waals surface area contributed by atoms with Crippen molar-refractivity contribution < 1.29 is 18.9 Å². The van der Waals surface area contributed by atoms with Crippen molar-refractivity contribution in [3.05, 3.63) is 29.8 Å². The Morgan fingerprint density at radius 3 is 1.76 bits per heavy atom. The summed E-state index contributed by atoms with van der Waals surface area (Å²) in [5.41, 5.74) is 1.19. The molecule has 0 spiro atoms. The topological polar surface area (TPSA) is 36.9 Å². The molecule has 3 atom stereocenters. The van der Waals surface area contributed by atoms with Gasteiger partial charge >= 0.3 is 210 Å². The molecule has 1 aromatic carbocycles. The second-order valence-corrected chi connectivity index (χ2v) is 23.3. The molecule has 0 aliphatic carbocycles. The van der Waals surface area contributed by atoms with Gasteiger partial charge in [-0.05, 0) is 0 Å². The second-order valence-electron chi connectivity index (χ2n) is 9.63. The first-order valence-electron chi connectivity index (χ1n) is 13.4. The normalized spacial score (nSPS) is 14.8. The fraction of sp³-hybridized carbons (Fsp3) is 0.786. The van der Waals surface area contributed by atoms with E-state index in [4.69, 9.17) is 18.9 Å². The van der Waals surface area contributed by atoms with E-state index in [-0.39, 0.29) is 6.10 Å². The average molecular weight is 571 g/mol. The Morgan fingerprint density at radius 2 is 1.33 bits per heavy atom. The van der Waals surface area contributed by atoms with Crippen LogP contribution in [0.2, 0.25) is 13.3 Å². The molecule has 0 aliphatic heterocycles. The molecule has 0 radical (unpaired) electrons. The average Bonchev–Trinajstić information content (AvgIpc) is 2.85. The fourth-order valence-electron chi connectivity index (χ4n) is 5.18. The zero-order valence-corrected chi connectivity index (χ0v) is 25.5. The monoisotopic (exact) mass is 572 g/mol. The van der Waals surface area contributed by atoms with E-state index in [1.165, 1.54) is 57.4 Å². The summed E-state index contributed by atoms with van der Waals surface area (Å²) in [5.74, 6) is 1.26. The molecule has 0 saturated heterocycles. The van der Waals surface area contributed by atoms with Crippen LogP contribution in [0.15, 0.2) is 24.3 Å². The van der Waals surface area contributed by atoms with Crippen molar-refractivity contribution in [1.82, 2.24) is 0 Å². The van der Waals surface area contributed by atoms with E-state index in [0.29, 0.717) is 23.4 Å². The Bertz CT molecular complexity index is 570. The van der Waals surface area contributed by atoms with Crippen LogP contribution in [0.1, 0.15) is 85.1 Å². The maximum absolute atomic E-state index is 6.65. The molecule has 1 rings (SSSR count). The van der Waals surface area contributed by atoms with E-state index in [0.717, 1.165) is 12.2 Å². The molecule has 0 aromatic heterocycles. The van der Waals surface area contributed by atoms with Crippen LogP contribution < -0.4 is 4.74 Å². The first-order valence-corrected chi connectivity index (χ1v) is 21.1. The van der Waals surface area contributed by atoms with E-state index in [1.54, 1.807) is 14.2 Å². The van der Waals surface area contributed by atoms with E-state index in [2.05, 4.69) is 46.8 Å². The number of ether oxygens (including phenoxy) is 4. The fourth-order valence-corrected chi connectivity index (χ4v) is 23.8. The van der Waals surface area contributed by atoms with Crippen LogP contribution in [0.4, 0.5) is 0 Å². The molecule has 0 saturated carbocycles. The Morgan fingerprint density at radius 1 is 0.788 bits per heavy atom. The number of unbranched alkanes of at least 4 members (excludes halogenated alkanes) is 3. The molecule has 33 heavy (non-hydrogen) atoms. The Hall–Kier alpha value is -0.301. The number of hydrogen-bond donors (Lipinski definition) is 0. The van der Waals surface area contributed by atoms with Crippen LogP contribution >= 0.6 is 0 Å². The van der Waals surface area contributed by atoms with Gasteiger partial charge in [0.05, 0.1) is 0 Å². The third-order valence-corrected chi connectivity index (χ3v) is 24.1. The van der Waals surface area contributed by atoms with Crippen molar-refractivity contribution in [1.29, 1.82) is 0 Å². The number of benzene rings is 1. The molecule has 0 fully saturated rings. The Labute approximate surface area is 209 Å². The molecule has 0 N–H and O–H groups in total. The predicted molar refractivity (Wildman–Crippen MR) is 143 cm³/mol. The van der Waals surface area contributed by atoms with Gasteiger partial charge in [-0.25, -0.2) is 0 Å². The summed E-state index contributed by atoms with van der Waals surface area (Å²) >= 11 is -2.64. The molecular formula is C28H52O4Sn. The van der Waals surface area contributed by atoms with Crippen molar-refractivity contribution in [2.75, 3.05) is 21.0 Å². The van der Waals surface area contributed by atoms with Gasteiger partial charge in [-0.15, -0.1) is 0 Å². The van der Waals surface area contributed by atoms with Gasteiger partial charge < -0.3 is 0 Å². The van der Waals surface area contributed by atoms with Crippen LogP contribution in [0.25, 0.3) is 0 Å². The van der Waals surface area contributed by atoms with Gasteiger partial charge in [0.15, 0.2) is 0 Å². The van der Waals surface area contributed by atoms with E-state index in [1.807, 2.05) is 12.1 Å². The van der Waals surface area contributed by atoms with Crippen LogP contribution in [0, 0.1) is 5.92 Å². The number of rotatable bonds is 20. The summed E-state index contributed by atoms with van der Waals surface area (Å²) < 4.78 is 28.6. The standard InChI is InChI=1S/C16H25O4.3C4H9.Sn/c1-5-16(13(2)10-19-12-17-3)20-11-14-6-8-15(18-4)9-7-14;3*1-3-4-2;/h6-10,13,16H,5,11-12H2,1-4H3;3*1,3-4H2,2H3;/t13-,16+;;;;/m1..../s1. The molecule has 192 valence electrons. The molecule has 5 heteroatoms. The van der Waals surface area contributed by atoms with Crippen LogP contribution in [0.3, 0.4) is 0 Å². The summed E-state index contributed by atoms with van der Waals surface area (Å²) in [5, 5.41) is 0.